The summed E-state index contributed by atoms with van der Waals surface area (Å²) in [6.07, 6.45) is 2.03. The molecule has 1 heterocycles. The molecule has 0 aliphatic carbocycles. The Hall–Kier alpha value is -0.540. The maximum absolute atomic E-state index is 5.05. The van der Waals surface area contributed by atoms with E-state index in [0.717, 1.165) is 10.7 Å². The third-order valence-corrected chi connectivity index (χ3v) is 2.14. The molecule has 0 amide bonds. The van der Waals surface area contributed by atoms with Crippen molar-refractivity contribution in [1.82, 2.24) is 4.98 Å². The van der Waals surface area contributed by atoms with Crippen LogP contribution < -0.4 is 0 Å². The van der Waals surface area contributed by atoms with E-state index in [0.29, 0.717) is 6.61 Å². The van der Waals surface area contributed by atoms with Gasteiger partial charge in [0.25, 0.3) is 0 Å². The Morgan fingerprint density at radius 3 is 2.83 bits per heavy atom. The molecule has 0 saturated heterocycles. The Bertz CT molecular complexity index is 263. The highest BCUT2D eigenvalue weighted by Gasteiger charge is 1.98. The SMILES string of the molecule is COCc1cc(C)nc(SC)c1. The molecule has 3 heteroatoms. The summed E-state index contributed by atoms with van der Waals surface area (Å²) in [6, 6.07) is 4.10. The van der Waals surface area contributed by atoms with Gasteiger partial charge in [0, 0.05) is 12.8 Å². The number of nitrogens with zero attached hydrogens (tertiary/aromatic N) is 1. The standard InChI is InChI=1S/C9H13NOS/c1-7-4-8(6-11-2)5-9(10-7)12-3/h4-5H,6H2,1-3H3. The quantitative estimate of drug-likeness (QED) is 0.671. The number of pyridine rings is 1. The summed E-state index contributed by atoms with van der Waals surface area (Å²) in [5, 5.41) is 1.06. The number of hydrogen-bond donors (Lipinski definition) is 0. The van der Waals surface area contributed by atoms with E-state index in [1.165, 1.54) is 5.56 Å². The van der Waals surface area contributed by atoms with Crippen molar-refractivity contribution in [2.45, 2.75) is 18.6 Å². The molecular weight excluding hydrogens is 170 g/mol. The fraction of sp³-hybridized carbons (Fsp3) is 0.444. The summed E-state index contributed by atoms with van der Waals surface area (Å²) in [4.78, 5) is 4.34. The molecule has 0 radical (unpaired) electrons. The Balaban J connectivity index is 2.90. The van der Waals surface area contributed by atoms with Crippen LogP contribution in [0.5, 0.6) is 0 Å². The summed E-state index contributed by atoms with van der Waals surface area (Å²) in [5.41, 5.74) is 2.24. The van der Waals surface area contributed by atoms with E-state index in [-0.39, 0.29) is 0 Å². The van der Waals surface area contributed by atoms with Crippen LogP contribution in [-0.4, -0.2) is 18.3 Å². The number of hydrogen-bond acceptors (Lipinski definition) is 3. The van der Waals surface area contributed by atoms with E-state index in [9.17, 15) is 0 Å². The topological polar surface area (TPSA) is 22.1 Å². The lowest BCUT2D eigenvalue weighted by Gasteiger charge is -2.03. The fourth-order valence-corrected chi connectivity index (χ4v) is 1.57. The van der Waals surface area contributed by atoms with Gasteiger partial charge in [-0.1, -0.05) is 0 Å². The summed E-state index contributed by atoms with van der Waals surface area (Å²) < 4.78 is 5.05. The van der Waals surface area contributed by atoms with Crippen LogP contribution in [0.15, 0.2) is 17.2 Å². The van der Waals surface area contributed by atoms with Crippen LogP contribution in [0.1, 0.15) is 11.3 Å². The maximum Gasteiger partial charge on any atom is 0.0963 e. The summed E-state index contributed by atoms with van der Waals surface area (Å²) >= 11 is 1.66. The van der Waals surface area contributed by atoms with Crippen molar-refractivity contribution in [3.8, 4) is 0 Å². The molecule has 0 atom stereocenters. The zero-order valence-electron chi connectivity index (χ0n) is 7.63. The van der Waals surface area contributed by atoms with Crippen molar-refractivity contribution in [2.24, 2.45) is 0 Å². The van der Waals surface area contributed by atoms with Gasteiger partial charge in [0.1, 0.15) is 0 Å². The summed E-state index contributed by atoms with van der Waals surface area (Å²) in [5.74, 6) is 0. The van der Waals surface area contributed by atoms with Crippen molar-refractivity contribution in [3.05, 3.63) is 23.4 Å². The molecule has 0 spiro atoms. The monoisotopic (exact) mass is 183 g/mol. The Morgan fingerprint density at radius 2 is 2.25 bits per heavy atom. The van der Waals surface area contributed by atoms with E-state index in [1.807, 2.05) is 19.2 Å². The van der Waals surface area contributed by atoms with Crippen LogP contribution in [0.2, 0.25) is 0 Å². The number of thioether (sulfide) groups is 1. The molecule has 2 nitrogen and oxygen atoms in total. The van der Waals surface area contributed by atoms with Gasteiger partial charge in [-0.05, 0) is 30.9 Å². The highest BCUT2D eigenvalue weighted by Crippen LogP contribution is 2.15. The van der Waals surface area contributed by atoms with E-state index in [1.54, 1.807) is 18.9 Å². The van der Waals surface area contributed by atoms with Gasteiger partial charge < -0.3 is 4.74 Å². The predicted octanol–water partition coefficient (Wildman–Crippen LogP) is 2.26. The van der Waals surface area contributed by atoms with Crippen molar-refractivity contribution in [2.75, 3.05) is 13.4 Å². The number of rotatable bonds is 3. The smallest absolute Gasteiger partial charge is 0.0963 e. The molecule has 0 aliphatic rings. The minimum absolute atomic E-state index is 0.664. The first-order chi connectivity index (χ1) is 5.76. The second-order valence-electron chi connectivity index (χ2n) is 2.59. The average Bonchev–Trinajstić information content (AvgIpc) is 2.04. The second kappa shape index (κ2) is 4.48. The lowest BCUT2D eigenvalue weighted by atomic mass is 10.2. The molecule has 12 heavy (non-hydrogen) atoms. The predicted molar refractivity (Wildman–Crippen MR) is 51.5 cm³/mol. The van der Waals surface area contributed by atoms with Crippen LogP contribution in [0.3, 0.4) is 0 Å². The molecular formula is C9H13NOS. The molecule has 66 valence electrons. The van der Waals surface area contributed by atoms with Crippen LogP contribution in [-0.2, 0) is 11.3 Å². The van der Waals surface area contributed by atoms with E-state index in [4.69, 9.17) is 4.74 Å². The number of ether oxygens (including phenoxy) is 1. The first-order valence-corrected chi connectivity index (χ1v) is 4.99. The lowest BCUT2D eigenvalue weighted by Crippen LogP contribution is -1.92. The normalized spacial score (nSPS) is 10.2. The molecule has 1 aromatic heterocycles. The molecule has 0 unspecified atom stereocenters. The molecule has 0 fully saturated rings. The van der Waals surface area contributed by atoms with Gasteiger partial charge >= 0.3 is 0 Å². The van der Waals surface area contributed by atoms with Gasteiger partial charge in [-0.15, -0.1) is 11.8 Å². The first-order valence-electron chi connectivity index (χ1n) is 3.76. The highest BCUT2D eigenvalue weighted by atomic mass is 32.2. The Morgan fingerprint density at radius 1 is 1.50 bits per heavy atom. The van der Waals surface area contributed by atoms with E-state index < -0.39 is 0 Å². The number of aromatic nitrogens is 1. The van der Waals surface area contributed by atoms with Gasteiger partial charge in [0.05, 0.1) is 11.6 Å². The first kappa shape index (κ1) is 9.55. The average molecular weight is 183 g/mol. The molecule has 1 aromatic rings. The fourth-order valence-electron chi connectivity index (χ4n) is 1.06. The molecule has 0 bridgehead atoms. The third kappa shape index (κ3) is 2.50. The van der Waals surface area contributed by atoms with Gasteiger partial charge in [-0.2, -0.15) is 0 Å². The molecule has 0 N–H and O–H groups in total. The molecule has 1 rings (SSSR count). The van der Waals surface area contributed by atoms with E-state index in [2.05, 4.69) is 11.1 Å². The minimum atomic E-state index is 0.664. The van der Waals surface area contributed by atoms with Gasteiger partial charge in [0.15, 0.2) is 0 Å². The van der Waals surface area contributed by atoms with Crippen LogP contribution >= 0.6 is 11.8 Å². The molecule has 0 aliphatic heterocycles. The van der Waals surface area contributed by atoms with Gasteiger partial charge in [-0.3, -0.25) is 0 Å². The van der Waals surface area contributed by atoms with E-state index >= 15 is 0 Å². The number of methoxy groups -OCH3 is 1. The van der Waals surface area contributed by atoms with Crippen molar-refractivity contribution in [3.63, 3.8) is 0 Å². The molecule has 0 aromatic carbocycles. The van der Waals surface area contributed by atoms with Gasteiger partial charge in [0.2, 0.25) is 0 Å². The largest absolute Gasteiger partial charge is 0.380 e. The van der Waals surface area contributed by atoms with Crippen LogP contribution in [0.25, 0.3) is 0 Å². The van der Waals surface area contributed by atoms with Crippen molar-refractivity contribution >= 4 is 11.8 Å². The Labute approximate surface area is 77.3 Å². The zero-order chi connectivity index (χ0) is 8.97. The van der Waals surface area contributed by atoms with Crippen LogP contribution in [0, 0.1) is 6.92 Å². The minimum Gasteiger partial charge on any atom is -0.380 e. The van der Waals surface area contributed by atoms with Crippen molar-refractivity contribution in [1.29, 1.82) is 0 Å². The maximum atomic E-state index is 5.05. The van der Waals surface area contributed by atoms with Crippen LogP contribution in [0.4, 0.5) is 0 Å². The highest BCUT2D eigenvalue weighted by molar-refractivity contribution is 7.98. The third-order valence-electron chi connectivity index (χ3n) is 1.51. The lowest BCUT2D eigenvalue weighted by molar-refractivity contribution is 0.184. The summed E-state index contributed by atoms with van der Waals surface area (Å²) in [7, 11) is 1.70. The summed E-state index contributed by atoms with van der Waals surface area (Å²) in [6.45, 7) is 2.66. The van der Waals surface area contributed by atoms with Gasteiger partial charge in [-0.25, -0.2) is 4.98 Å². The zero-order valence-corrected chi connectivity index (χ0v) is 8.44. The second-order valence-corrected chi connectivity index (χ2v) is 3.42. The van der Waals surface area contributed by atoms with Crippen molar-refractivity contribution < 1.29 is 4.74 Å². The molecule has 0 saturated carbocycles. The number of aryl methyl sites for hydroxylation is 1. The Kier molecular flexibility index (Phi) is 3.56.